The molecule has 2 N–H and O–H groups in total. The third-order valence-corrected chi connectivity index (χ3v) is 1.96. The molecule has 0 aromatic carbocycles. The molecular weight excluding hydrogens is 188 g/mol. The molecule has 0 spiro atoms. The lowest BCUT2D eigenvalue weighted by Gasteiger charge is -2.04. The summed E-state index contributed by atoms with van der Waals surface area (Å²) < 4.78 is 4.61. The highest BCUT2D eigenvalue weighted by Gasteiger charge is 2.15. The number of likely N-dealkylation sites (tertiary alicyclic amines) is 1. The fourth-order valence-electron chi connectivity index (χ4n) is 0.911. The molecule has 13 heavy (non-hydrogen) atoms. The smallest absolute Gasteiger partial charge is 0.209 e. The van der Waals surface area contributed by atoms with Crippen molar-refractivity contribution in [3.63, 3.8) is 0 Å². The highest BCUT2D eigenvalue weighted by Crippen LogP contribution is 2.02. The van der Waals surface area contributed by atoms with Gasteiger partial charge in [0.1, 0.15) is 0 Å². The Bertz CT molecular complexity index is 144. The summed E-state index contributed by atoms with van der Waals surface area (Å²) in [5.74, 6) is 0. The van der Waals surface area contributed by atoms with Crippen LogP contribution in [0.4, 0.5) is 0 Å². The zero-order valence-electron chi connectivity index (χ0n) is 8.14. The van der Waals surface area contributed by atoms with E-state index in [-0.39, 0.29) is 11.5 Å². The van der Waals surface area contributed by atoms with Gasteiger partial charge in [-0.15, -0.1) is 12.6 Å². The number of hydrogen-bond donors (Lipinski definition) is 2. The van der Waals surface area contributed by atoms with E-state index in [9.17, 15) is 4.79 Å². The predicted octanol–water partition coefficient (Wildman–Crippen LogP) is 0.0844. The van der Waals surface area contributed by atoms with Crippen molar-refractivity contribution in [1.82, 2.24) is 4.90 Å². The summed E-state index contributed by atoms with van der Waals surface area (Å²) in [4.78, 5) is 11.7. The minimum absolute atomic E-state index is 0.0787. The molecular formula is C8H18N2O2S. The molecule has 0 aromatic heterocycles. The van der Waals surface area contributed by atoms with Crippen molar-refractivity contribution in [3.8, 4) is 0 Å². The molecule has 4 nitrogen and oxygen atoms in total. The monoisotopic (exact) mass is 206 g/mol. The van der Waals surface area contributed by atoms with Crippen LogP contribution >= 0.6 is 12.6 Å². The number of carbonyl (C=O) groups excluding carboxylic acids is 1. The Morgan fingerprint density at radius 3 is 2.46 bits per heavy atom. The summed E-state index contributed by atoms with van der Waals surface area (Å²) in [5.41, 5.74) is 5.58. The Morgan fingerprint density at radius 1 is 1.77 bits per heavy atom. The average Bonchev–Trinajstić information content (AvgIpc) is 2.52. The van der Waals surface area contributed by atoms with Crippen LogP contribution in [0.15, 0.2) is 0 Å². The maximum Gasteiger partial charge on any atom is 0.209 e. The Kier molecular flexibility index (Phi) is 7.03. The van der Waals surface area contributed by atoms with Crippen molar-refractivity contribution >= 4 is 19.0 Å². The first-order valence-electron chi connectivity index (χ1n) is 4.26. The van der Waals surface area contributed by atoms with Crippen molar-refractivity contribution in [2.24, 2.45) is 5.73 Å². The van der Waals surface area contributed by atoms with Crippen molar-refractivity contribution < 1.29 is 9.53 Å². The number of ether oxygens (including phenoxy) is 1. The summed E-state index contributed by atoms with van der Waals surface area (Å²) in [7, 11) is 1.62. The molecule has 0 aromatic rings. The van der Waals surface area contributed by atoms with Gasteiger partial charge in [-0.05, 0) is 13.3 Å². The largest absolute Gasteiger partial charge is 0.371 e. The molecule has 1 aliphatic heterocycles. The van der Waals surface area contributed by atoms with E-state index >= 15 is 0 Å². The van der Waals surface area contributed by atoms with E-state index < -0.39 is 0 Å². The number of carbonyl (C=O) groups is 1. The molecule has 1 saturated heterocycles. The molecule has 0 radical (unpaired) electrons. The van der Waals surface area contributed by atoms with Crippen LogP contribution in [-0.4, -0.2) is 43.0 Å². The average molecular weight is 206 g/mol. The zero-order chi connectivity index (χ0) is 10.3. The maximum absolute atomic E-state index is 10.0. The quantitative estimate of drug-likeness (QED) is 0.382. The van der Waals surface area contributed by atoms with Crippen LogP contribution in [0, 0.1) is 0 Å². The van der Waals surface area contributed by atoms with Gasteiger partial charge >= 0.3 is 0 Å². The molecule has 0 saturated carbocycles. The van der Waals surface area contributed by atoms with Gasteiger partial charge < -0.3 is 15.4 Å². The molecule has 78 valence electrons. The van der Waals surface area contributed by atoms with Gasteiger partial charge in [-0.25, -0.2) is 0 Å². The Hall–Kier alpha value is -0.260. The highest BCUT2D eigenvalue weighted by molar-refractivity contribution is 7.80. The second-order valence-corrected chi connectivity index (χ2v) is 3.71. The second kappa shape index (κ2) is 7.17. The Morgan fingerprint density at radius 2 is 2.31 bits per heavy atom. The van der Waals surface area contributed by atoms with E-state index in [1.807, 2.05) is 6.92 Å². The van der Waals surface area contributed by atoms with E-state index in [1.165, 1.54) is 0 Å². The summed E-state index contributed by atoms with van der Waals surface area (Å²) >= 11 is 3.88. The summed E-state index contributed by atoms with van der Waals surface area (Å²) in [6.45, 7) is 3.44. The van der Waals surface area contributed by atoms with Crippen LogP contribution in [0.5, 0.6) is 0 Å². The van der Waals surface area contributed by atoms with E-state index in [2.05, 4.69) is 17.4 Å². The lowest BCUT2D eigenvalue weighted by Crippen LogP contribution is -2.25. The first kappa shape index (κ1) is 12.7. The third kappa shape index (κ3) is 6.86. The van der Waals surface area contributed by atoms with Crippen molar-refractivity contribution in [2.75, 3.05) is 20.2 Å². The van der Waals surface area contributed by atoms with E-state index in [4.69, 9.17) is 5.73 Å². The van der Waals surface area contributed by atoms with Crippen molar-refractivity contribution in [2.45, 2.75) is 24.8 Å². The van der Waals surface area contributed by atoms with Crippen LogP contribution in [0.1, 0.15) is 13.3 Å². The molecule has 1 amide bonds. The first-order valence-corrected chi connectivity index (χ1v) is 4.77. The highest BCUT2D eigenvalue weighted by atomic mass is 32.1. The van der Waals surface area contributed by atoms with Gasteiger partial charge in [0, 0.05) is 26.2 Å². The van der Waals surface area contributed by atoms with Gasteiger partial charge in [0.05, 0.1) is 5.44 Å². The third-order valence-electron chi connectivity index (χ3n) is 1.75. The van der Waals surface area contributed by atoms with E-state index in [0.717, 1.165) is 25.9 Å². The van der Waals surface area contributed by atoms with Gasteiger partial charge in [0.15, 0.2) is 0 Å². The number of amides is 1. The molecule has 5 heteroatoms. The van der Waals surface area contributed by atoms with Crippen LogP contribution in [0.3, 0.4) is 0 Å². The number of nitrogens with two attached hydrogens (primary N) is 1. The summed E-state index contributed by atoms with van der Waals surface area (Å²) in [5, 5.41) is 0. The maximum atomic E-state index is 10.0. The lowest BCUT2D eigenvalue weighted by molar-refractivity contribution is -0.117. The molecule has 1 rings (SSSR count). The number of methoxy groups -OCH3 is 1. The summed E-state index contributed by atoms with van der Waals surface area (Å²) in [6.07, 6.45) is 1.81. The normalized spacial score (nSPS) is 23.4. The molecule has 2 unspecified atom stereocenters. The Labute approximate surface area is 84.8 Å². The van der Waals surface area contributed by atoms with Gasteiger partial charge in [0.25, 0.3) is 0 Å². The van der Waals surface area contributed by atoms with Crippen LogP contribution in [0.2, 0.25) is 0 Å². The summed E-state index contributed by atoms with van der Waals surface area (Å²) in [6, 6.07) is 0.222. The zero-order valence-corrected chi connectivity index (χ0v) is 9.04. The van der Waals surface area contributed by atoms with Crippen molar-refractivity contribution in [3.05, 3.63) is 0 Å². The molecule has 1 fully saturated rings. The van der Waals surface area contributed by atoms with Gasteiger partial charge in [0.2, 0.25) is 6.41 Å². The number of hydrogen-bond acceptors (Lipinski definition) is 4. The lowest BCUT2D eigenvalue weighted by atomic mass is 10.3. The van der Waals surface area contributed by atoms with Gasteiger partial charge in [-0.3, -0.25) is 4.79 Å². The van der Waals surface area contributed by atoms with E-state index in [0.29, 0.717) is 0 Å². The van der Waals surface area contributed by atoms with Crippen LogP contribution in [0.25, 0.3) is 0 Å². The molecule has 1 heterocycles. The predicted molar refractivity (Wildman–Crippen MR) is 55.7 cm³/mol. The molecule has 0 aliphatic carbocycles. The second-order valence-electron chi connectivity index (χ2n) is 2.98. The fourth-order valence-corrected chi connectivity index (χ4v) is 0.911. The van der Waals surface area contributed by atoms with Crippen LogP contribution < -0.4 is 5.73 Å². The first-order chi connectivity index (χ1) is 6.10. The Balaban J connectivity index is 0.000000252. The SMILES string of the molecule is COC(C)S.NC1CCN(C=O)C1. The minimum atomic E-state index is 0.0787. The number of nitrogens with zero attached hydrogens (tertiary/aromatic N) is 1. The standard InChI is InChI=1S/C5H10N2O.C3H8OS/c6-5-1-2-7(3-5)4-8;1-3(5)4-2/h4-5H,1-3,6H2;3,5H,1-2H3. The van der Waals surface area contributed by atoms with Gasteiger partial charge in [-0.1, -0.05) is 0 Å². The van der Waals surface area contributed by atoms with Gasteiger partial charge in [-0.2, -0.15) is 0 Å². The minimum Gasteiger partial charge on any atom is -0.371 e. The topological polar surface area (TPSA) is 55.6 Å². The van der Waals surface area contributed by atoms with Crippen LogP contribution in [-0.2, 0) is 9.53 Å². The number of rotatable bonds is 2. The number of thiol groups is 1. The molecule has 1 aliphatic rings. The van der Waals surface area contributed by atoms with Crippen molar-refractivity contribution in [1.29, 1.82) is 0 Å². The van der Waals surface area contributed by atoms with E-state index in [1.54, 1.807) is 12.0 Å². The fraction of sp³-hybridized carbons (Fsp3) is 0.875. The molecule has 2 atom stereocenters. The molecule has 0 bridgehead atoms.